The van der Waals surface area contributed by atoms with Gasteiger partial charge < -0.3 is 9.84 Å². The van der Waals surface area contributed by atoms with E-state index in [0.717, 1.165) is 30.0 Å². The zero-order valence-electron chi connectivity index (χ0n) is 13.6. The minimum absolute atomic E-state index is 0.125. The molecule has 4 fully saturated rings. The fraction of sp³-hybridized carbons (Fsp3) is 0.833. The zero-order chi connectivity index (χ0) is 14.7. The highest BCUT2D eigenvalue weighted by atomic mass is 16.5. The fourth-order valence-corrected chi connectivity index (χ4v) is 5.41. The number of aromatic nitrogens is 1. The Kier molecular flexibility index (Phi) is 3.01. The van der Waals surface area contributed by atoms with Crippen molar-refractivity contribution in [1.29, 1.82) is 0 Å². The van der Waals surface area contributed by atoms with Crippen LogP contribution in [0.25, 0.3) is 0 Å². The molecule has 0 amide bonds. The van der Waals surface area contributed by atoms with Crippen LogP contribution >= 0.6 is 0 Å². The van der Waals surface area contributed by atoms with Crippen LogP contribution in [-0.4, -0.2) is 10.7 Å². The van der Waals surface area contributed by atoms with Crippen LogP contribution < -0.4 is 5.32 Å². The quantitative estimate of drug-likeness (QED) is 0.912. The van der Waals surface area contributed by atoms with Gasteiger partial charge in [0.1, 0.15) is 5.76 Å². The van der Waals surface area contributed by atoms with Gasteiger partial charge in [0.25, 0.3) is 0 Å². The molecule has 4 saturated carbocycles. The second-order valence-electron chi connectivity index (χ2n) is 8.98. The Morgan fingerprint density at radius 2 is 1.71 bits per heavy atom. The maximum atomic E-state index is 5.82. The van der Waals surface area contributed by atoms with Gasteiger partial charge >= 0.3 is 0 Å². The van der Waals surface area contributed by atoms with E-state index in [0.29, 0.717) is 5.41 Å². The van der Waals surface area contributed by atoms with Crippen molar-refractivity contribution in [2.24, 2.45) is 17.8 Å². The lowest BCUT2D eigenvalue weighted by Gasteiger charge is -2.55. The molecule has 3 nitrogen and oxygen atoms in total. The maximum Gasteiger partial charge on any atom is 0.143 e. The van der Waals surface area contributed by atoms with Crippen LogP contribution in [-0.2, 0) is 12.0 Å². The first-order valence-corrected chi connectivity index (χ1v) is 8.63. The maximum absolute atomic E-state index is 5.82. The number of hydrogen-bond donors (Lipinski definition) is 1. The molecule has 4 aliphatic rings. The predicted octanol–water partition coefficient (Wildman–Crippen LogP) is 4.03. The molecular formula is C18H28N2O. The molecule has 1 aromatic heterocycles. The van der Waals surface area contributed by atoms with E-state index < -0.39 is 0 Å². The summed E-state index contributed by atoms with van der Waals surface area (Å²) in [5.74, 6) is 4.06. The summed E-state index contributed by atoms with van der Waals surface area (Å²) in [5, 5.41) is 7.84. The van der Waals surface area contributed by atoms with Gasteiger partial charge in [-0.3, -0.25) is 0 Å². The first-order chi connectivity index (χ1) is 9.92. The lowest BCUT2D eigenvalue weighted by Crippen LogP contribution is -2.48. The molecular weight excluding hydrogens is 260 g/mol. The van der Waals surface area contributed by atoms with Crippen molar-refractivity contribution >= 4 is 0 Å². The van der Waals surface area contributed by atoms with Crippen molar-refractivity contribution in [3.63, 3.8) is 0 Å². The highest BCUT2D eigenvalue weighted by Crippen LogP contribution is 2.60. The van der Waals surface area contributed by atoms with Crippen LogP contribution in [0.1, 0.15) is 70.8 Å². The molecule has 3 heteroatoms. The molecule has 1 heterocycles. The summed E-state index contributed by atoms with van der Waals surface area (Å²) in [6.45, 7) is 7.37. The lowest BCUT2D eigenvalue weighted by molar-refractivity contribution is -0.0175. The molecule has 5 rings (SSSR count). The largest absolute Gasteiger partial charge is 0.361 e. The number of hydrogen-bond acceptors (Lipinski definition) is 3. The molecule has 1 aromatic rings. The van der Waals surface area contributed by atoms with Crippen molar-refractivity contribution in [2.45, 2.75) is 76.8 Å². The molecule has 4 bridgehead atoms. The van der Waals surface area contributed by atoms with E-state index in [4.69, 9.17) is 4.52 Å². The minimum atomic E-state index is 0.125. The highest BCUT2D eigenvalue weighted by molar-refractivity contribution is 5.22. The van der Waals surface area contributed by atoms with Crippen molar-refractivity contribution in [2.75, 3.05) is 0 Å². The summed E-state index contributed by atoms with van der Waals surface area (Å²) < 4.78 is 5.82. The van der Waals surface area contributed by atoms with Crippen LogP contribution in [0.5, 0.6) is 0 Å². The first kappa shape index (κ1) is 13.8. The Hall–Kier alpha value is -0.830. The minimum Gasteiger partial charge on any atom is -0.361 e. The Balaban J connectivity index is 1.53. The molecule has 0 atom stereocenters. The van der Waals surface area contributed by atoms with E-state index in [1.807, 2.05) is 0 Å². The topological polar surface area (TPSA) is 38.1 Å². The molecule has 4 aliphatic carbocycles. The van der Waals surface area contributed by atoms with Gasteiger partial charge in [-0.2, -0.15) is 0 Å². The van der Waals surface area contributed by atoms with E-state index in [-0.39, 0.29) is 5.54 Å². The molecule has 0 radical (unpaired) electrons. The average Bonchev–Trinajstić information content (AvgIpc) is 2.83. The monoisotopic (exact) mass is 288 g/mol. The van der Waals surface area contributed by atoms with E-state index in [9.17, 15) is 0 Å². The number of nitrogens with one attached hydrogen (secondary N) is 1. The Morgan fingerprint density at radius 3 is 2.24 bits per heavy atom. The van der Waals surface area contributed by atoms with Gasteiger partial charge in [0.2, 0.25) is 0 Å². The highest BCUT2D eigenvalue weighted by Gasteiger charge is 2.53. The van der Waals surface area contributed by atoms with Crippen molar-refractivity contribution in [3.05, 3.63) is 17.5 Å². The Bertz CT molecular complexity index is 490. The molecule has 0 aliphatic heterocycles. The normalized spacial score (nSPS) is 38.1. The molecule has 0 saturated heterocycles. The van der Waals surface area contributed by atoms with Crippen LogP contribution in [0.2, 0.25) is 0 Å². The Labute approximate surface area is 127 Å². The third-order valence-electron chi connectivity index (χ3n) is 5.92. The van der Waals surface area contributed by atoms with Gasteiger partial charge in [0.15, 0.2) is 0 Å². The van der Waals surface area contributed by atoms with E-state index in [1.165, 1.54) is 44.3 Å². The van der Waals surface area contributed by atoms with Gasteiger partial charge in [0.05, 0.1) is 5.69 Å². The number of nitrogens with zero attached hydrogens (tertiary/aromatic N) is 1. The first-order valence-electron chi connectivity index (χ1n) is 8.63. The summed E-state index contributed by atoms with van der Waals surface area (Å²) >= 11 is 0. The second kappa shape index (κ2) is 4.58. The van der Waals surface area contributed by atoms with Gasteiger partial charge in [-0.05, 0) is 77.0 Å². The molecule has 0 aromatic carbocycles. The lowest BCUT2D eigenvalue weighted by atomic mass is 9.49. The van der Waals surface area contributed by atoms with Crippen molar-refractivity contribution in [1.82, 2.24) is 10.5 Å². The van der Waals surface area contributed by atoms with Crippen molar-refractivity contribution in [3.8, 4) is 0 Å². The predicted molar refractivity (Wildman–Crippen MR) is 82.9 cm³/mol. The molecule has 21 heavy (non-hydrogen) atoms. The van der Waals surface area contributed by atoms with Crippen LogP contribution in [0.3, 0.4) is 0 Å². The van der Waals surface area contributed by atoms with Gasteiger partial charge in [-0.1, -0.05) is 5.16 Å². The van der Waals surface area contributed by atoms with Crippen LogP contribution in [0, 0.1) is 17.8 Å². The molecule has 116 valence electrons. The van der Waals surface area contributed by atoms with E-state index in [2.05, 4.69) is 37.3 Å². The summed E-state index contributed by atoms with van der Waals surface area (Å²) in [7, 11) is 0. The average molecular weight is 288 g/mol. The summed E-state index contributed by atoms with van der Waals surface area (Å²) in [6, 6.07) is 2.24. The molecule has 0 spiro atoms. The van der Waals surface area contributed by atoms with Crippen LogP contribution in [0.15, 0.2) is 10.6 Å². The smallest absolute Gasteiger partial charge is 0.143 e. The fourth-order valence-electron chi connectivity index (χ4n) is 5.41. The zero-order valence-corrected chi connectivity index (χ0v) is 13.6. The van der Waals surface area contributed by atoms with E-state index >= 15 is 0 Å². The third kappa shape index (κ3) is 2.54. The summed E-state index contributed by atoms with van der Waals surface area (Å²) in [5.41, 5.74) is 1.53. The molecule has 1 N–H and O–H groups in total. The molecule has 0 unspecified atom stereocenters. The summed E-state index contributed by atoms with van der Waals surface area (Å²) in [6.07, 6.45) is 8.48. The Morgan fingerprint density at radius 1 is 1.14 bits per heavy atom. The van der Waals surface area contributed by atoms with E-state index in [1.54, 1.807) is 0 Å². The van der Waals surface area contributed by atoms with Gasteiger partial charge in [-0.25, -0.2) is 0 Å². The van der Waals surface area contributed by atoms with Crippen molar-refractivity contribution < 1.29 is 4.52 Å². The standard InChI is InChI=1S/C18H28N2O/c1-17(2,3)19-11-15-7-16(21-20-15)18-8-12-4-13(9-18)6-14(5-12)10-18/h7,12-14,19H,4-6,8-11H2,1-3H3. The van der Waals surface area contributed by atoms with Gasteiger partial charge in [-0.15, -0.1) is 0 Å². The summed E-state index contributed by atoms with van der Waals surface area (Å²) in [4.78, 5) is 0. The van der Waals surface area contributed by atoms with Gasteiger partial charge in [0, 0.05) is 23.6 Å². The van der Waals surface area contributed by atoms with Crippen LogP contribution in [0.4, 0.5) is 0 Å². The third-order valence-corrected chi connectivity index (χ3v) is 5.92. The second-order valence-corrected chi connectivity index (χ2v) is 8.98. The number of rotatable bonds is 3. The SMILES string of the molecule is CC(C)(C)NCc1cc(C23CC4CC(CC(C4)C2)C3)on1.